The predicted molar refractivity (Wildman–Crippen MR) is 97.1 cm³/mol. The first-order valence-electron chi connectivity index (χ1n) is 7.01. The SMILES string of the molecule is COc1ccc(CNC(=O)[C@@H](C)Nc2ccc(I)cc2)cc1. The van der Waals surface area contributed by atoms with Crippen LogP contribution in [0, 0.1) is 3.57 Å². The smallest absolute Gasteiger partial charge is 0.242 e. The van der Waals surface area contributed by atoms with Crippen molar-refractivity contribution in [2.45, 2.75) is 19.5 Å². The highest BCUT2D eigenvalue weighted by Gasteiger charge is 2.12. The third-order valence-corrected chi connectivity index (χ3v) is 3.97. The summed E-state index contributed by atoms with van der Waals surface area (Å²) in [5.74, 6) is 0.776. The second-order valence-corrected chi connectivity index (χ2v) is 6.18. The number of benzene rings is 2. The normalized spacial score (nSPS) is 11.6. The van der Waals surface area contributed by atoms with Crippen LogP contribution in [-0.2, 0) is 11.3 Å². The summed E-state index contributed by atoms with van der Waals surface area (Å²) in [5.41, 5.74) is 1.98. The van der Waals surface area contributed by atoms with Crippen LogP contribution in [0.2, 0.25) is 0 Å². The standard InChI is InChI=1S/C17H19IN2O2/c1-12(20-15-7-5-14(18)6-8-15)17(21)19-11-13-3-9-16(22-2)10-4-13/h3-10,12,20H,11H2,1-2H3,(H,19,21)/t12-/m1/s1. The van der Waals surface area contributed by atoms with Crippen molar-refractivity contribution in [1.82, 2.24) is 5.32 Å². The van der Waals surface area contributed by atoms with Gasteiger partial charge in [0, 0.05) is 15.8 Å². The van der Waals surface area contributed by atoms with E-state index < -0.39 is 0 Å². The van der Waals surface area contributed by atoms with Crippen molar-refractivity contribution in [3.8, 4) is 5.75 Å². The maximum Gasteiger partial charge on any atom is 0.242 e. The first-order valence-corrected chi connectivity index (χ1v) is 8.09. The molecule has 5 heteroatoms. The molecule has 1 atom stereocenters. The van der Waals surface area contributed by atoms with Gasteiger partial charge in [-0.25, -0.2) is 0 Å². The minimum Gasteiger partial charge on any atom is -0.497 e. The summed E-state index contributed by atoms with van der Waals surface area (Å²) in [7, 11) is 1.63. The van der Waals surface area contributed by atoms with Crippen LogP contribution < -0.4 is 15.4 Å². The van der Waals surface area contributed by atoms with Crippen molar-refractivity contribution >= 4 is 34.2 Å². The van der Waals surface area contributed by atoms with Crippen molar-refractivity contribution < 1.29 is 9.53 Å². The zero-order valence-corrected chi connectivity index (χ0v) is 14.8. The highest BCUT2D eigenvalue weighted by atomic mass is 127. The van der Waals surface area contributed by atoms with Gasteiger partial charge in [0.1, 0.15) is 11.8 Å². The van der Waals surface area contributed by atoms with Gasteiger partial charge in [-0.2, -0.15) is 0 Å². The molecule has 22 heavy (non-hydrogen) atoms. The number of nitrogens with one attached hydrogen (secondary N) is 2. The van der Waals surface area contributed by atoms with Gasteiger partial charge in [0.25, 0.3) is 0 Å². The molecule has 0 heterocycles. The third kappa shape index (κ3) is 4.91. The molecule has 0 unspecified atom stereocenters. The highest BCUT2D eigenvalue weighted by Crippen LogP contribution is 2.13. The molecular formula is C17H19IN2O2. The summed E-state index contributed by atoms with van der Waals surface area (Å²) in [4.78, 5) is 12.1. The van der Waals surface area contributed by atoms with Gasteiger partial charge in [-0.3, -0.25) is 4.79 Å². The maximum absolute atomic E-state index is 12.1. The van der Waals surface area contributed by atoms with Gasteiger partial charge in [-0.1, -0.05) is 12.1 Å². The van der Waals surface area contributed by atoms with Crippen LogP contribution >= 0.6 is 22.6 Å². The van der Waals surface area contributed by atoms with Gasteiger partial charge < -0.3 is 15.4 Å². The number of rotatable bonds is 6. The number of carbonyl (C=O) groups is 1. The molecule has 2 aromatic carbocycles. The van der Waals surface area contributed by atoms with E-state index in [9.17, 15) is 4.79 Å². The quantitative estimate of drug-likeness (QED) is 0.718. The van der Waals surface area contributed by atoms with Gasteiger partial charge in [-0.15, -0.1) is 0 Å². The summed E-state index contributed by atoms with van der Waals surface area (Å²) in [6.07, 6.45) is 0. The molecule has 0 fully saturated rings. The molecule has 0 saturated carbocycles. The van der Waals surface area contributed by atoms with E-state index in [1.165, 1.54) is 3.57 Å². The number of carbonyl (C=O) groups excluding carboxylic acids is 1. The van der Waals surface area contributed by atoms with Gasteiger partial charge in [0.05, 0.1) is 7.11 Å². The van der Waals surface area contributed by atoms with Crippen LogP contribution in [0.15, 0.2) is 48.5 Å². The first kappa shape index (κ1) is 16.6. The third-order valence-electron chi connectivity index (χ3n) is 3.25. The number of hydrogen-bond acceptors (Lipinski definition) is 3. The molecule has 0 radical (unpaired) electrons. The molecule has 2 aromatic rings. The molecule has 1 amide bonds. The first-order chi connectivity index (χ1) is 10.6. The van der Waals surface area contributed by atoms with Crippen LogP contribution in [0.4, 0.5) is 5.69 Å². The van der Waals surface area contributed by atoms with Gasteiger partial charge >= 0.3 is 0 Å². The van der Waals surface area contributed by atoms with Gasteiger partial charge in [0.2, 0.25) is 5.91 Å². The Morgan fingerprint density at radius 1 is 1.14 bits per heavy atom. The average Bonchev–Trinajstić information content (AvgIpc) is 2.55. The molecule has 0 aliphatic carbocycles. The Bertz CT molecular complexity index is 612. The van der Waals surface area contributed by atoms with E-state index in [0.717, 1.165) is 17.0 Å². The number of hydrogen-bond donors (Lipinski definition) is 2. The van der Waals surface area contributed by atoms with Gasteiger partial charge in [-0.05, 0) is 71.5 Å². The second-order valence-electron chi connectivity index (χ2n) is 4.94. The Morgan fingerprint density at radius 2 is 1.77 bits per heavy atom. The summed E-state index contributed by atoms with van der Waals surface area (Å²) in [6, 6.07) is 15.3. The van der Waals surface area contributed by atoms with E-state index in [-0.39, 0.29) is 11.9 Å². The molecule has 0 aliphatic rings. The Balaban J connectivity index is 1.84. The average molecular weight is 410 g/mol. The van der Waals surface area contributed by atoms with Crippen molar-refractivity contribution in [1.29, 1.82) is 0 Å². The van der Waals surface area contributed by atoms with E-state index >= 15 is 0 Å². The molecule has 2 rings (SSSR count). The molecule has 0 aromatic heterocycles. The molecule has 0 spiro atoms. The van der Waals surface area contributed by atoms with Crippen LogP contribution in [0.1, 0.15) is 12.5 Å². The fraction of sp³-hybridized carbons (Fsp3) is 0.235. The van der Waals surface area contributed by atoms with Crippen LogP contribution in [-0.4, -0.2) is 19.1 Å². The topological polar surface area (TPSA) is 50.4 Å². The van der Waals surface area contributed by atoms with E-state index in [1.807, 2.05) is 55.5 Å². The number of ether oxygens (including phenoxy) is 1. The summed E-state index contributed by atoms with van der Waals surface area (Å²) in [6.45, 7) is 2.35. The van der Waals surface area contributed by atoms with E-state index in [0.29, 0.717) is 6.54 Å². The molecule has 0 bridgehead atoms. The van der Waals surface area contributed by atoms with Crippen LogP contribution in [0.5, 0.6) is 5.75 Å². The second kappa shape index (κ2) is 8.03. The van der Waals surface area contributed by atoms with Crippen molar-refractivity contribution in [2.24, 2.45) is 0 Å². The Kier molecular flexibility index (Phi) is 6.06. The van der Waals surface area contributed by atoms with Crippen LogP contribution in [0.3, 0.4) is 0 Å². The number of halogens is 1. The minimum absolute atomic E-state index is 0.0330. The van der Waals surface area contributed by atoms with Crippen molar-refractivity contribution in [3.63, 3.8) is 0 Å². The van der Waals surface area contributed by atoms with Crippen molar-refractivity contribution in [3.05, 3.63) is 57.7 Å². The Hall–Kier alpha value is -1.76. The lowest BCUT2D eigenvalue weighted by Gasteiger charge is -2.15. The zero-order chi connectivity index (χ0) is 15.9. The minimum atomic E-state index is -0.293. The maximum atomic E-state index is 12.1. The molecule has 116 valence electrons. The Morgan fingerprint density at radius 3 is 2.36 bits per heavy atom. The summed E-state index contributed by atoms with van der Waals surface area (Å²) in [5, 5.41) is 6.11. The number of amides is 1. The van der Waals surface area contributed by atoms with E-state index in [4.69, 9.17) is 4.74 Å². The van der Waals surface area contributed by atoms with Gasteiger partial charge in [0.15, 0.2) is 0 Å². The number of methoxy groups -OCH3 is 1. The van der Waals surface area contributed by atoms with E-state index in [1.54, 1.807) is 7.11 Å². The van der Waals surface area contributed by atoms with E-state index in [2.05, 4.69) is 33.2 Å². The lowest BCUT2D eigenvalue weighted by molar-refractivity contribution is -0.121. The van der Waals surface area contributed by atoms with Crippen molar-refractivity contribution in [2.75, 3.05) is 12.4 Å². The predicted octanol–water partition coefficient (Wildman–Crippen LogP) is 3.42. The lowest BCUT2D eigenvalue weighted by atomic mass is 10.2. The summed E-state index contributed by atoms with van der Waals surface area (Å²) < 4.78 is 6.28. The highest BCUT2D eigenvalue weighted by molar-refractivity contribution is 14.1. The summed E-state index contributed by atoms with van der Waals surface area (Å²) >= 11 is 2.25. The fourth-order valence-corrected chi connectivity index (χ4v) is 2.31. The van der Waals surface area contributed by atoms with Crippen LogP contribution in [0.25, 0.3) is 0 Å². The zero-order valence-electron chi connectivity index (χ0n) is 12.6. The lowest BCUT2D eigenvalue weighted by Crippen LogP contribution is -2.37. The monoisotopic (exact) mass is 410 g/mol. The molecule has 4 nitrogen and oxygen atoms in total. The largest absolute Gasteiger partial charge is 0.497 e. The molecule has 0 saturated heterocycles. The molecule has 2 N–H and O–H groups in total. The molecular weight excluding hydrogens is 391 g/mol. The number of anilines is 1. The molecule has 0 aliphatic heterocycles. The fourth-order valence-electron chi connectivity index (χ4n) is 1.95. The Labute approximate surface area is 144 Å².